The largest absolute Gasteiger partial charge is 0.396 e. The predicted octanol–water partition coefficient (Wildman–Crippen LogP) is 1.54. The zero-order valence-corrected chi connectivity index (χ0v) is 8.55. The molecule has 2 heteroatoms. The molecule has 2 rings (SSSR count). The maximum Gasteiger partial charge on any atom is 0.0499 e. The molecule has 0 radical (unpaired) electrons. The Morgan fingerprint density at radius 1 is 1.46 bits per heavy atom. The first kappa shape index (κ1) is 9.47. The summed E-state index contributed by atoms with van der Waals surface area (Å²) in [5, 5.41) is 12.8. The van der Waals surface area contributed by atoms with Crippen LogP contribution in [0, 0.1) is 11.3 Å². The van der Waals surface area contributed by atoms with Gasteiger partial charge in [-0.25, -0.2) is 0 Å². The van der Waals surface area contributed by atoms with E-state index in [1.54, 1.807) is 0 Å². The van der Waals surface area contributed by atoms with Crippen molar-refractivity contribution in [2.45, 2.75) is 45.1 Å². The Morgan fingerprint density at radius 3 is 2.54 bits per heavy atom. The first-order valence-corrected chi connectivity index (χ1v) is 5.64. The fourth-order valence-electron chi connectivity index (χ4n) is 2.06. The Hall–Kier alpha value is -0.0800. The number of hydrogen-bond donors (Lipinski definition) is 2. The average Bonchev–Trinajstić information content (AvgIpc) is 3.01. The van der Waals surface area contributed by atoms with Crippen LogP contribution < -0.4 is 5.32 Å². The highest BCUT2D eigenvalue weighted by molar-refractivity contribution is 4.96. The van der Waals surface area contributed by atoms with E-state index in [1.165, 1.54) is 32.1 Å². The minimum atomic E-state index is 0.280. The molecule has 2 aliphatic rings. The van der Waals surface area contributed by atoms with E-state index in [0.717, 1.165) is 18.5 Å². The van der Waals surface area contributed by atoms with E-state index in [0.29, 0.717) is 6.61 Å². The quantitative estimate of drug-likeness (QED) is 0.654. The lowest BCUT2D eigenvalue weighted by Gasteiger charge is -2.20. The van der Waals surface area contributed by atoms with Crippen molar-refractivity contribution in [1.82, 2.24) is 5.32 Å². The molecule has 1 atom stereocenters. The van der Waals surface area contributed by atoms with Crippen LogP contribution in [0.3, 0.4) is 0 Å². The van der Waals surface area contributed by atoms with Crippen molar-refractivity contribution in [3.8, 4) is 0 Å². The van der Waals surface area contributed by atoms with Gasteiger partial charge in [0.2, 0.25) is 0 Å². The molecule has 0 amide bonds. The molecule has 2 fully saturated rings. The maximum absolute atomic E-state index is 9.16. The van der Waals surface area contributed by atoms with E-state index in [1.807, 2.05) is 0 Å². The fourth-order valence-corrected chi connectivity index (χ4v) is 2.06. The lowest BCUT2D eigenvalue weighted by Crippen LogP contribution is -2.36. The van der Waals surface area contributed by atoms with Gasteiger partial charge in [-0.05, 0) is 38.0 Å². The number of hydrogen-bond acceptors (Lipinski definition) is 2. The van der Waals surface area contributed by atoms with E-state index in [-0.39, 0.29) is 5.41 Å². The van der Waals surface area contributed by atoms with E-state index >= 15 is 0 Å². The summed E-state index contributed by atoms with van der Waals surface area (Å²) >= 11 is 0. The second-order valence-electron chi connectivity index (χ2n) is 4.89. The van der Waals surface area contributed by atoms with E-state index in [2.05, 4.69) is 12.2 Å². The maximum atomic E-state index is 9.16. The minimum absolute atomic E-state index is 0.280. The Kier molecular flexibility index (Phi) is 2.61. The summed E-state index contributed by atoms with van der Waals surface area (Å²) < 4.78 is 0. The number of aliphatic hydroxyl groups is 1. The van der Waals surface area contributed by atoms with Crippen molar-refractivity contribution < 1.29 is 5.11 Å². The molecule has 2 nitrogen and oxygen atoms in total. The van der Waals surface area contributed by atoms with Gasteiger partial charge in [0.05, 0.1) is 0 Å². The molecule has 76 valence electrons. The number of nitrogens with one attached hydrogen (secondary N) is 1. The summed E-state index contributed by atoms with van der Waals surface area (Å²) in [6, 6.07) is 0.726. The highest BCUT2D eigenvalue weighted by Crippen LogP contribution is 2.45. The summed E-state index contributed by atoms with van der Waals surface area (Å²) in [4.78, 5) is 0. The number of aliphatic hydroxyl groups excluding tert-OH is 1. The van der Waals surface area contributed by atoms with Crippen LogP contribution >= 0.6 is 0 Å². The van der Waals surface area contributed by atoms with Gasteiger partial charge in [-0.15, -0.1) is 0 Å². The summed E-state index contributed by atoms with van der Waals surface area (Å²) in [6.45, 7) is 3.67. The lowest BCUT2D eigenvalue weighted by atomic mass is 10.1. The SMILES string of the molecule is CCC(NCC1(CO)CC1)C1CC1. The first-order valence-electron chi connectivity index (χ1n) is 5.64. The molecule has 2 aliphatic carbocycles. The van der Waals surface area contributed by atoms with Gasteiger partial charge in [0, 0.05) is 24.6 Å². The van der Waals surface area contributed by atoms with Crippen molar-refractivity contribution in [3.63, 3.8) is 0 Å². The average molecular weight is 183 g/mol. The van der Waals surface area contributed by atoms with E-state index in [4.69, 9.17) is 5.11 Å². The summed E-state index contributed by atoms with van der Waals surface area (Å²) in [5.74, 6) is 0.944. The van der Waals surface area contributed by atoms with Gasteiger partial charge < -0.3 is 10.4 Å². The summed E-state index contributed by atoms with van der Waals surface area (Å²) in [5.41, 5.74) is 0.280. The molecular formula is C11H21NO. The van der Waals surface area contributed by atoms with Crippen LogP contribution in [0.2, 0.25) is 0 Å². The van der Waals surface area contributed by atoms with Crippen LogP contribution in [-0.4, -0.2) is 24.3 Å². The van der Waals surface area contributed by atoms with Crippen molar-refractivity contribution in [3.05, 3.63) is 0 Å². The van der Waals surface area contributed by atoms with Crippen molar-refractivity contribution in [2.75, 3.05) is 13.2 Å². The van der Waals surface area contributed by atoms with Crippen LogP contribution in [0.5, 0.6) is 0 Å². The third-order valence-electron chi connectivity index (χ3n) is 3.66. The Bertz CT molecular complexity index is 173. The second kappa shape index (κ2) is 3.58. The van der Waals surface area contributed by atoms with Gasteiger partial charge in [0.1, 0.15) is 0 Å². The molecule has 0 aromatic heterocycles. The Morgan fingerprint density at radius 2 is 2.15 bits per heavy atom. The molecule has 0 aromatic carbocycles. The topological polar surface area (TPSA) is 32.3 Å². The van der Waals surface area contributed by atoms with Crippen molar-refractivity contribution >= 4 is 0 Å². The van der Waals surface area contributed by atoms with Crippen LogP contribution in [0.4, 0.5) is 0 Å². The molecule has 1 unspecified atom stereocenters. The first-order chi connectivity index (χ1) is 6.29. The van der Waals surface area contributed by atoms with E-state index < -0.39 is 0 Å². The minimum Gasteiger partial charge on any atom is -0.396 e. The van der Waals surface area contributed by atoms with Gasteiger partial charge in [0.15, 0.2) is 0 Å². The third kappa shape index (κ3) is 2.23. The predicted molar refractivity (Wildman–Crippen MR) is 53.6 cm³/mol. The lowest BCUT2D eigenvalue weighted by molar-refractivity contribution is 0.201. The molecule has 0 spiro atoms. The molecule has 2 saturated carbocycles. The van der Waals surface area contributed by atoms with Gasteiger partial charge in [0.25, 0.3) is 0 Å². The van der Waals surface area contributed by atoms with Crippen LogP contribution in [0.1, 0.15) is 39.0 Å². The van der Waals surface area contributed by atoms with Gasteiger partial charge in [-0.1, -0.05) is 6.92 Å². The molecule has 0 heterocycles. The zero-order valence-electron chi connectivity index (χ0n) is 8.55. The second-order valence-corrected chi connectivity index (χ2v) is 4.89. The highest BCUT2D eigenvalue weighted by Gasteiger charge is 2.42. The smallest absolute Gasteiger partial charge is 0.0499 e. The van der Waals surface area contributed by atoms with Crippen LogP contribution in [0.15, 0.2) is 0 Å². The molecule has 2 N–H and O–H groups in total. The Balaban J connectivity index is 1.70. The van der Waals surface area contributed by atoms with E-state index in [9.17, 15) is 0 Å². The van der Waals surface area contributed by atoms with Gasteiger partial charge in [-0.3, -0.25) is 0 Å². The molecular weight excluding hydrogens is 162 g/mol. The number of rotatable bonds is 6. The van der Waals surface area contributed by atoms with Crippen LogP contribution in [0.25, 0.3) is 0 Å². The van der Waals surface area contributed by atoms with Crippen LogP contribution in [-0.2, 0) is 0 Å². The third-order valence-corrected chi connectivity index (χ3v) is 3.66. The molecule has 0 aliphatic heterocycles. The normalized spacial score (nSPS) is 27.2. The molecule has 0 saturated heterocycles. The highest BCUT2D eigenvalue weighted by atomic mass is 16.3. The zero-order chi connectivity index (χ0) is 9.31. The van der Waals surface area contributed by atoms with Crippen molar-refractivity contribution in [2.24, 2.45) is 11.3 Å². The van der Waals surface area contributed by atoms with Crippen molar-refractivity contribution in [1.29, 1.82) is 0 Å². The monoisotopic (exact) mass is 183 g/mol. The fraction of sp³-hybridized carbons (Fsp3) is 1.00. The summed E-state index contributed by atoms with van der Waals surface area (Å²) in [7, 11) is 0. The van der Waals surface area contributed by atoms with Gasteiger partial charge >= 0.3 is 0 Å². The molecule has 13 heavy (non-hydrogen) atoms. The Labute approximate surface area is 80.7 Å². The van der Waals surface area contributed by atoms with Gasteiger partial charge in [-0.2, -0.15) is 0 Å². The summed E-state index contributed by atoms with van der Waals surface area (Å²) in [6.07, 6.45) is 6.51. The molecule has 0 aromatic rings. The molecule has 0 bridgehead atoms. The standard InChI is InChI=1S/C11H21NO/c1-2-10(9-3-4-9)12-7-11(8-13)5-6-11/h9-10,12-13H,2-8H2,1H3.